The fraction of sp³-hybridized carbons (Fsp3) is 0.500. The van der Waals surface area contributed by atoms with Crippen LogP contribution in [0, 0.1) is 0 Å². The van der Waals surface area contributed by atoms with Crippen molar-refractivity contribution in [1.29, 1.82) is 0 Å². The van der Waals surface area contributed by atoms with Gasteiger partial charge in [0.25, 0.3) is 10.2 Å². The highest BCUT2D eigenvalue weighted by atomic mass is 32.2. The van der Waals surface area contributed by atoms with Crippen LogP contribution in [0.5, 0.6) is 0 Å². The van der Waals surface area contributed by atoms with Crippen LogP contribution in [0.4, 0.5) is 13.2 Å². The molecule has 0 bridgehead atoms. The molecule has 1 aromatic carbocycles. The first kappa shape index (κ1) is 17.9. The fourth-order valence-corrected chi connectivity index (χ4v) is 2.49. The molecular formula is C12H17F3N2O3S. The smallest absolute Gasteiger partial charge is 0.396 e. The molecular weight excluding hydrogens is 309 g/mol. The Balaban J connectivity index is 2.71. The Hall–Kier alpha value is -1.16. The summed E-state index contributed by atoms with van der Waals surface area (Å²) < 4.78 is 64.4. The zero-order chi connectivity index (χ0) is 16.1. The molecule has 0 saturated heterocycles. The highest BCUT2D eigenvalue weighted by molar-refractivity contribution is 7.87. The summed E-state index contributed by atoms with van der Waals surface area (Å²) in [5.41, 5.74) is -0.614. The van der Waals surface area contributed by atoms with Gasteiger partial charge in [-0.05, 0) is 18.1 Å². The summed E-state index contributed by atoms with van der Waals surface area (Å²) in [4.78, 5) is 0. The molecule has 0 saturated carbocycles. The molecule has 21 heavy (non-hydrogen) atoms. The van der Waals surface area contributed by atoms with Crippen LogP contribution >= 0.6 is 0 Å². The van der Waals surface area contributed by atoms with Gasteiger partial charge in [0.1, 0.15) is 0 Å². The largest absolute Gasteiger partial charge is 0.416 e. The SMILES string of the molecule is CN(CCCO)S(=O)(=O)NCc1cccc(C(F)(F)F)c1. The topological polar surface area (TPSA) is 69.6 Å². The number of aliphatic hydroxyl groups is 1. The van der Waals surface area contributed by atoms with E-state index < -0.39 is 21.9 Å². The number of nitrogens with one attached hydrogen (secondary N) is 1. The molecule has 9 heteroatoms. The summed E-state index contributed by atoms with van der Waals surface area (Å²) in [5, 5.41) is 8.65. The molecule has 0 atom stereocenters. The number of hydrogen-bond acceptors (Lipinski definition) is 3. The number of aliphatic hydroxyl groups excluding tert-OH is 1. The molecule has 0 spiro atoms. The van der Waals surface area contributed by atoms with E-state index >= 15 is 0 Å². The molecule has 0 aliphatic rings. The highest BCUT2D eigenvalue weighted by Gasteiger charge is 2.30. The number of alkyl halides is 3. The van der Waals surface area contributed by atoms with E-state index in [0.29, 0.717) is 0 Å². The second kappa shape index (κ2) is 7.21. The van der Waals surface area contributed by atoms with Gasteiger partial charge in [0, 0.05) is 26.7 Å². The van der Waals surface area contributed by atoms with Gasteiger partial charge in [-0.3, -0.25) is 0 Å². The molecule has 0 aliphatic heterocycles. The maximum Gasteiger partial charge on any atom is 0.416 e. The second-order valence-electron chi connectivity index (χ2n) is 4.42. The molecule has 0 fully saturated rings. The van der Waals surface area contributed by atoms with Gasteiger partial charge < -0.3 is 5.11 Å². The Bertz CT molecular complexity index is 561. The van der Waals surface area contributed by atoms with E-state index in [9.17, 15) is 21.6 Å². The summed E-state index contributed by atoms with van der Waals surface area (Å²) in [6.07, 6.45) is -4.19. The van der Waals surface area contributed by atoms with E-state index in [1.165, 1.54) is 19.2 Å². The average molecular weight is 326 g/mol. The predicted molar refractivity (Wildman–Crippen MR) is 71.5 cm³/mol. The minimum absolute atomic E-state index is 0.119. The fourth-order valence-electron chi connectivity index (χ4n) is 1.56. The van der Waals surface area contributed by atoms with Crippen molar-refractivity contribution in [3.05, 3.63) is 35.4 Å². The normalized spacial score (nSPS) is 12.9. The summed E-state index contributed by atoms with van der Waals surface area (Å²) in [7, 11) is -2.46. The van der Waals surface area contributed by atoms with Gasteiger partial charge in [-0.25, -0.2) is 0 Å². The van der Waals surface area contributed by atoms with Crippen LogP contribution in [0.2, 0.25) is 0 Å². The van der Waals surface area contributed by atoms with Crippen molar-refractivity contribution in [1.82, 2.24) is 9.03 Å². The standard InChI is InChI=1S/C12H17F3N2O3S/c1-17(6-3-7-18)21(19,20)16-9-10-4-2-5-11(8-10)12(13,14)15/h2,4-5,8,16,18H,3,6-7,9H2,1H3. The lowest BCUT2D eigenvalue weighted by atomic mass is 10.1. The van der Waals surface area contributed by atoms with Crippen molar-refractivity contribution in [3.63, 3.8) is 0 Å². The molecule has 0 unspecified atom stereocenters. The van der Waals surface area contributed by atoms with Crippen LogP contribution in [-0.2, 0) is 22.9 Å². The number of nitrogens with zero attached hydrogens (tertiary/aromatic N) is 1. The molecule has 0 amide bonds. The lowest BCUT2D eigenvalue weighted by Crippen LogP contribution is -2.38. The molecule has 2 N–H and O–H groups in total. The zero-order valence-electron chi connectivity index (χ0n) is 11.4. The van der Waals surface area contributed by atoms with E-state index in [1.54, 1.807) is 0 Å². The van der Waals surface area contributed by atoms with Crippen molar-refractivity contribution in [3.8, 4) is 0 Å². The monoisotopic (exact) mass is 326 g/mol. The molecule has 120 valence electrons. The summed E-state index contributed by atoms with van der Waals surface area (Å²) in [6, 6.07) is 4.45. The van der Waals surface area contributed by atoms with E-state index in [0.717, 1.165) is 16.4 Å². The van der Waals surface area contributed by atoms with Crippen molar-refractivity contribution < 1.29 is 26.7 Å². The van der Waals surface area contributed by atoms with E-state index in [4.69, 9.17) is 5.11 Å². The van der Waals surface area contributed by atoms with Crippen molar-refractivity contribution >= 4 is 10.2 Å². The Morgan fingerprint density at radius 2 is 2.00 bits per heavy atom. The zero-order valence-corrected chi connectivity index (χ0v) is 12.2. The maximum absolute atomic E-state index is 12.5. The van der Waals surface area contributed by atoms with Crippen molar-refractivity contribution in [2.24, 2.45) is 0 Å². The molecule has 1 rings (SSSR count). The minimum Gasteiger partial charge on any atom is -0.396 e. The van der Waals surface area contributed by atoms with Crippen LogP contribution < -0.4 is 4.72 Å². The lowest BCUT2D eigenvalue weighted by Gasteiger charge is -2.17. The van der Waals surface area contributed by atoms with Crippen molar-refractivity contribution in [2.75, 3.05) is 20.2 Å². The number of hydrogen-bond donors (Lipinski definition) is 2. The minimum atomic E-state index is -4.47. The Morgan fingerprint density at radius 3 is 2.57 bits per heavy atom. The molecule has 0 radical (unpaired) electrons. The number of halogens is 3. The molecule has 5 nitrogen and oxygen atoms in total. The third-order valence-electron chi connectivity index (χ3n) is 2.75. The predicted octanol–water partition coefficient (Wildman–Crippen LogP) is 1.35. The van der Waals surface area contributed by atoms with E-state index in [1.807, 2.05) is 0 Å². The number of benzene rings is 1. The van der Waals surface area contributed by atoms with Crippen LogP contribution in [-0.4, -0.2) is 38.0 Å². The van der Waals surface area contributed by atoms with Crippen LogP contribution in [0.1, 0.15) is 17.5 Å². The van der Waals surface area contributed by atoms with Gasteiger partial charge in [-0.1, -0.05) is 18.2 Å². The second-order valence-corrected chi connectivity index (χ2v) is 6.29. The van der Waals surface area contributed by atoms with E-state index in [-0.39, 0.29) is 31.7 Å². The maximum atomic E-state index is 12.5. The first-order valence-electron chi connectivity index (χ1n) is 6.15. The number of rotatable bonds is 7. The van der Waals surface area contributed by atoms with Crippen LogP contribution in [0.25, 0.3) is 0 Å². The average Bonchev–Trinajstić information content (AvgIpc) is 2.42. The molecule has 0 aromatic heterocycles. The molecule has 1 aromatic rings. The summed E-state index contributed by atoms with van der Waals surface area (Å²) in [6.45, 7) is -0.266. The Kier molecular flexibility index (Phi) is 6.14. The van der Waals surface area contributed by atoms with E-state index in [2.05, 4.69) is 4.72 Å². The van der Waals surface area contributed by atoms with Crippen LogP contribution in [0.3, 0.4) is 0 Å². The third-order valence-corrected chi connectivity index (χ3v) is 4.27. The van der Waals surface area contributed by atoms with Gasteiger partial charge in [-0.2, -0.15) is 30.6 Å². The van der Waals surface area contributed by atoms with Gasteiger partial charge in [0.15, 0.2) is 0 Å². The first-order chi connectivity index (χ1) is 9.66. The van der Waals surface area contributed by atoms with Gasteiger partial charge in [-0.15, -0.1) is 0 Å². The van der Waals surface area contributed by atoms with Gasteiger partial charge in [0.05, 0.1) is 5.56 Å². The molecule has 0 aliphatic carbocycles. The first-order valence-corrected chi connectivity index (χ1v) is 7.59. The quantitative estimate of drug-likeness (QED) is 0.795. The highest BCUT2D eigenvalue weighted by Crippen LogP contribution is 2.29. The van der Waals surface area contributed by atoms with Crippen LogP contribution in [0.15, 0.2) is 24.3 Å². The van der Waals surface area contributed by atoms with Crippen molar-refractivity contribution in [2.45, 2.75) is 19.1 Å². The van der Waals surface area contributed by atoms with Gasteiger partial charge >= 0.3 is 6.18 Å². The lowest BCUT2D eigenvalue weighted by molar-refractivity contribution is -0.137. The Morgan fingerprint density at radius 1 is 1.33 bits per heavy atom. The summed E-state index contributed by atoms with van der Waals surface area (Å²) >= 11 is 0. The summed E-state index contributed by atoms with van der Waals surface area (Å²) in [5.74, 6) is 0. The third kappa shape index (κ3) is 5.62. The van der Waals surface area contributed by atoms with Gasteiger partial charge in [0.2, 0.25) is 0 Å². The Labute approximate surface area is 121 Å². The molecule has 0 heterocycles.